The van der Waals surface area contributed by atoms with Crippen molar-refractivity contribution in [2.45, 2.75) is 18.9 Å². The average Bonchev–Trinajstić information content (AvgIpc) is 2.24. The number of halogens is 2. The van der Waals surface area contributed by atoms with Crippen LogP contribution in [0.5, 0.6) is 0 Å². The summed E-state index contributed by atoms with van der Waals surface area (Å²) in [4.78, 5) is 0. The number of hydrogen-bond acceptors (Lipinski definition) is 2. The first-order valence-electron chi connectivity index (χ1n) is 5.05. The van der Waals surface area contributed by atoms with Gasteiger partial charge in [0.1, 0.15) is 0 Å². The van der Waals surface area contributed by atoms with Crippen LogP contribution >= 0.6 is 34.2 Å². The number of ether oxygens (including phenoxy) is 1. The fourth-order valence-corrected chi connectivity index (χ4v) is 2.70. The predicted octanol–water partition coefficient (Wildman–Crippen LogP) is 3.54. The molecule has 0 unspecified atom stereocenters. The zero-order valence-electron chi connectivity index (χ0n) is 8.30. The Morgan fingerprint density at radius 3 is 2.73 bits per heavy atom. The lowest BCUT2D eigenvalue weighted by Gasteiger charge is -2.24. The van der Waals surface area contributed by atoms with E-state index in [1.807, 2.05) is 18.2 Å². The Morgan fingerprint density at radius 2 is 2.07 bits per heavy atom. The monoisotopic (exact) mass is 337 g/mol. The highest BCUT2D eigenvalue weighted by atomic mass is 127. The fourth-order valence-electron chi connectivity index (χ4n) is 1.67. The Morgan fingerprint density at radius 1 is 1.33 bits per heavy atom. The highest BCUT2D eigenvalue weighted by molar-refractivity contribution is 14.1. The molecule has 0 amide bonds. The highest BCUT2D eigenvalue weighted by Gasteiger charge is 2.14. The van der Waals surface area contributed by atoms with Crippen molar-refractivity contribution in [3.05, 3.63) is 26.8 Å². The lowest BCUT2D eigenvalue weighted by atomic mass is 10.1. The van der Waals surface area contributed by atoms with Crippen LogP contribution in [0.2, 0.25) is 5.02 Å². The third-order valence-corrected chi connectivity index (χ3v) is 3.64. The van der Waals surface area contributed by atoms with Gasteiger partial charge in [-0.3, -0.25) is 0 Å². The molecule has 0 aromatic heterocycles. The Bertz CT molecular complexity index is 339. The molecule has 15 heavy (non-hydrogen) atoms. The SMILES string of the molecule is Clc1ccc(NC2CCOCC2)c(I)c1. The molecule has 0 saturated carbocycles. The minimum Gasteiger partial charge on any atom is -0.381 e. The summed E-state index contributed by atoms with van der Waals surface area (Å²) in [6, 6.07) is 6.47. The number of anilines is 1. The maximum Gasteiger partial charge on any atom is 0.0485 e. The van der Waals surface area contributed by atoms with Gasteiger partial charge in [0.05, 0.1) is 0 Å². The summed E-state index contributed by atoms with van der Waals surface area (Å²) < 4.78 is 6.50. The van der Waals surface area contributed by atoms with Crippen LogP contribution in [-0.4, -0.2) is 19.3 Å². The topological polar surface area (TPSA) is 21.3 Å². The van der Waals surface area contributed by atoms with Gasteiger partial charge in [-0.05, 0) is 53.6 Å². The number of benzene rings is 1. The third kappa shape index (κ3) is 3.23. The van der Waals surface area contributed by atoms with E-state index in [-0.39, 0.29) is 0 Å². The maximum absolute atomic E-state index is 5.91. The van der Waals surface area contributed by atoms with E-state index >= 15 is 0 Å². The van der Waals surface area contributed by atoms with Crippen LogP contribution in [0.3, 0.4) is 0 Å². The van der Waals surface area contributed by atoms with Gasteiger partial charge in [0.25, 0.3) is 0 Å². The quantitative estimate of drug-likeness (QED) is 0.834. The molecule has 0 atom stereocenters. The second-order valence-electron chi connectivity index (χ2n) is 3.66. The van der Waals surface area contributed by atoms with E-state index in [1.54, 1.807) is 0 Å². The molecule has 1 aromatic rings. The standard InChI is InChI=1S/C11H13ClINO/c12-8-1-2-11(10(13)7-8)14-9-3-5-15-6-4-9/h1-2,7,9,14H,3-6H2. The second kappa shape index (κ2) is 5.37. The molecule has 1 heterocycles. The second-order valence-corrected chi connectivity index (χ2v) is 5.25. The zero-order chi connectivity index (χ0) is 10.7. The van der Waals surface area contributed by atoms with Crippen molar-refractivity contribution in [2.75, 3.05) is 18.5 Å². The molecule has 1 aromatic carbocycles. The summed E-state index contributed by atoms with van der Waals surface area (Å²) in [5.74, 6) is 0. The summed E-state index contributed by atoms with van der Waals surface area (Å²) in [5.41, 5.74) is 1.17. The smallest absolute Gasteiger partial charge is 0.0485 e. The molecule has 2 rings (SSSR count). The minimum absolute atomic E-state index is 0.536. The summed E-state index contributed by atoms with van der Waals surface area (Å²) in [6.07, 6.45) is 2.16. The van der Waals surface area contributed by atoms with Crippen molar-refractivity contribution in [1.82, 2.24) is 0 Å². The molecule has 1 aliphatic heterocycles. The van der Waals surface area contributed by atoms with Gasteiger partial charge in [-0.15, -0.1) is 0 Å². The molecule has 1 aliphatic rings. The molecule has 1 saturated heterocycles. The normalized spacial score (nSPS) is 17.7. The molecule has 0 radical (unpaired) electrons. The van der Waals surface area contributed by atoms with E-state index < -0.39 is 0 Å². The van der Waals surface area contributed by atoms with E-state index in [1.165, 1.54) is 9.26 Å². The van der Waals surface area contributed by atoms with Gasteiger partial charge in [-0.25, -0.2) is 0 Å². The molecular weight excluding hydrogens is 324 g/mol. The van der Waals surface area contributed by atoms with Crippen molar-refractivity contribution in [3.8, 4) is 0 Å². The van der Waals surface area contributed by atoms with E-state index in [0.717, 1.165) is 31.1 Å². The van der Waals surface area contributed by atoms with Crippen molar-refractivity contribution in [3.63, 3.8) is 0 Å². The van der Waals surface area contributed by atoms with Crippen molar-refractivity contribution < 1.29 is 4.74 Å². The van der Waals surface area contributed by atoms with Gasteiger partial charge < -0.3 is 10.1 Å². The molecular formula is C11H13ClINO. The van der Waals surface area contributed by atoms with Crippen LogP contribution in [0, 0.1) is 3.57 Å². The van der Waals surface area contributed by atoms with Crippen LogP contribution in [-0.2, 0) is 4.74 Å². The van der Waals surface area contributed by atoms with Crippen LogP contribution in [0.25, 0.3) is 0 Å². The van der Waals surface area contributed by atoms with Crippen molar-refractivity contribution in [2.24, 2.45) is 0 Å². The van der Waals surface area contributed by atoms with Gasteiger partial charge in [0.2, 0.25) is 0 Å². The number of nitrogens with one attached hydrogen (secondary N) is 1. The molecule has 0 spiro atoms. The van der Waals surface area contributed by atoms with E-state index in [9.17, 15) is 0 Å². The summed E-state index contributed by atoms with van der Waals surface area (Å²) in [7, 11) is 0. The summed E-state index contributed by atoms with van der Waals surface area (Å²) >= 11 is 8.21. The molecule has 0 aliphatic carbocycles. The third-order valence-electron chi connectivity index (χ3n) is 2.51. The molecule has 1 fully saturated rings. The van der Waals surface area contributed by atoms with Gasteiger partial charge in [0, 0.05) is 33.5 Å². The highest BCUT2D eigenvalue weighted by Crippen LogP contribution is 2.24. The summed E-state index contributed by atoms with van der Waals surface area (Å²) in [6.45, 7) is 1.73. The Hall–Kier alpha value is -0.000000000000000111. The predicted molar refractivity (Wildman–Crippen MR) is 71.6 cm³/mol. The summed E-state index contributed by atoms with van der Waals surface area (Å²) in [5, 5.41) is 4.32. The Labute approximate surface area is 108 Å². The molecule has 0 bridgehead atoms. The largest absolute Gasteiger partial charge is 0.381 e. The van der Waals surface area contributed by atoms with Gasteiger partial charge in [-0.1, -0.05) is 11.6 Å². The zero-order valence-corrected chi connectivity index (χ0v) is 11.2. The van der Waals surface area contributed by atoms with E-state index in [2.05, 4.69) is 27.9 Å². The molecule has 4 heteroatoms. The first-order valence-corrected chi connectivity index (χ1v) is 6.51. The lowest BCUT2D eigenvalue weighted by molar-refractivity contribution is 0.0904. The first-order chi connectivity index (χ1) is 7.25. The van der Waals surface area contributed by atoms with Crippen LogP contribution in [0.1, 0.15) is 12.8 Å². The minimum atomic E-state index is 0.536. The number of hydrogen-bond donors (Lipinski definition) is 1. The van der Waals surface area contributed by atoms with Crippen molar-refractivity contribution >= 4 is 39.9 Å². The van der Waals surface area contributed by atoms with Crippen LogP contribution in [0.4, 0.5) is 5.69 Å². The molecule has 1 N–H and O–H groups in total. The fraction of sp³-hybridized carbons (Fsp3) is 0.455. The van der Waals surface area contributed by atoms with Gasteiger partial charge >= 0.3 is 0 Å². The lowest BCUT2D eigenvalue weighted by Crippen LogP contribution is -2.28. The van der Waals surface area contributed by atoms with Crippen LogP contribution in [0.15, 0.2) is 18.2 Å². The van der Waals surface area contributed by atoms with Crippen molar-refractivity contribution in [1.29, 1.82) is 0 Å². The van der Waals surface area contributed by atoms with E-state index in [4.69, 9.17) is 16.3 Å². The average molecular weight is 338 g/mol. The van der Waals surface area contributed by atoms with Gasteiger partial charge in [0.15, 0.2) is 0 Å². The Kier molecular flexibility index (Phi) is 4.11. The first kappa shape index (κ1) is 11.5. The van der Waals surface area contributed by atoms with Gasteiger partial charge in [-0.2, -0.15) is 0 Å². The van der Waals surface area contributed by atoms with E-state index in [0.29, 0.717) is 6.04 Å². The van der Waals surface area contributed by atoms with Crippen LogP contribution < -0.4 is 5.32 Å². The molecule has 82 valence electrons. The number of rotatable bonds is 2. The Balaban J connectivity index is 2.03. The maximum atomic E-state index is 5.91. The molecule has 2 nitrogen and oxygen atoms in total.